The van der Waals surface area contributed by atoms with E-state index < -0.39 is 6.10 Å². The van der Waals surface area contributed by atoms with Crippen molar-refractivity contribution in [2.75, 3.05) is 0 Å². The van der Waals surface area contributed by atoms with E-state index in [-0.39, 0.29) is 11.9 Å². The predicted molar refractivity (Wildman–Crippen MR) is 91.7 cm³/mol. The molecule has 1 aromatic heterocycles. The molecule has 126 valence electrons. The lowest BCUT2D eigenvalue weighted by Gasteiger charge is -2.16. The molecule has 0 saturated heterocycles. The standard InChI is InChI=1S/C18H22N4O2/c1-4-22-11-15(13(3)20-22)16-10-17(24-21-16)18(23)19-12(2)14-8-6-5-7-9-14/h5-9,11-12,17H,4,10H2,1-3H3,(H,19,23). The first-order valence-electron chi connectivity index (χ1n) is 8.21. The normalized spacial score (nSPS) is 18.0. The molecular weight excluding hydrogens is 304 g/mol. The lowest BCUT2D eigenvalue weighted by atomic mass is 10.0. The van der Waals surface area contributed by atoms with E-state index in [1.54, 1.807) is 0 Å². The highest BCUT2D eigenvalue weighted by Crippen LogP contribution is 2.20. The molecule has 0 spiro atoms. The maximum atomic E-state index is 12.4. The molecule has 2 aromatic rings. The topological polar surface area (TPSA) is 68.5 Å². The molecule has 6 nitrogen and oxygen atoms in total. The number of carbonyl (C=O) groups excluding carboxylic acids is 1. The molecule has 2 atom stereocenters. The summed E-state index contributed by atoms with van der Waals surface area (Å²) in [6.45, 7) is 6.73. The lowest BCUT2D eigenvalue weighted by Crippen LogP contribution is -2.36. The van der Waals surface area contributed by atoms with Crippen LogP contribution in [0.4, 0.5) is 0 Å². The van der Waals surface area contributed by atoms with Gasteiger partial charge in [0.1, 0.15) is 0 Å². The fraction of sp³-hybridized carbons (Fsp3) is 0.389. The van der Waals surface area contributed by atoms with Crippen LogP contribution in [0, 0.1) is 6.92 Å². The van der Waals surface area contributed by atoms with Gasteiger partial charge < -0.3 is 10.2 Å². The molecule has 0 aliphatic carbocycles. The van der Waals surface area contributed by atoms with Gasteiger partial charge in [-0.1, -0.05) is 35.5 Å². The van der Waals surface area contributed by atoms with Crippen LogP contribution in [0.3, 0.4) is 0 Å². The summed E-state index contributed by atoms with van der Waals surface area (Å²) in [7, 11) is 0. The average Bonchev–Trinajstić information content (AvgIpc) is 3.22. The fourth-order valence-electron chi connectivity index (χ4n) is 2.77. The molecule has 1 aliphatic rings. The minimum Gasteiger partial charge on any atom is -0.382 e. The van der Waals surface area contributed by atoms with Crippen molar-refractivity contribution in [3.05, 3.63) is 53.3 Å². The SMILES string of the molecule is CCn1cc(C2=NOC(C(=O)NC(C)c3ccccc3)C2)c(C)n1. The third-order valence-electron chi connectivity index (χ3n) is 4.20. The number of hydrogen-bond donors (Lipinski definition) is 1. The van der Waals surface area contributed by atoms with Gasteiger partial charge in [-0.25, -0.2) is 0 Å². The molecule has 0 fully saturated rings. The third-order valence-corrected chi connectivity index (χ3v) is 4.20. The van der Waals surface area contributed by atoms with Gasteiger partial charge in [0.2, 0.25) is 6.10 Å². The van der Waals surface area contributed by atoms with Crippen LogP contribution in [0.5, 0.6) is 0 Å². The Morgan fingerprint density at radius 2 is 2.17 bits per heavy atom. The van der Waals surface area contributed by atoms with Gasteiger partial charge in [0, 0.05) is 24.7 Å². The molecule has 3 rings (SSSR count). The highest BCUT2D eigenvalue weighted by molar-refractivity contribution is 6.04. The molecule has 2 unspecified atom stereocenters. The second-order valence-electron chi connectivity index (χ2n) is 5.96. The first-order valence-corrected chi connectivity index (χ1v) is 8.21. The number of rotatable bonds is 5. The van der Waals surface area contributed by atoms with Crippen molar-refractivity contribution < 1.29 is 9.63 Å². The highest BCUT2D eigenvalue weighted by atomic mass is 16.6. The van der Waals surface area contributed by atoms with E-state index >= 15 is 0 Å². The summed E-state index contributed by atoms with van der Waals surface area (Å²) in [5, 5.41) is 11.5. The molecule has 1 aromatic carbocycles. The summed E-state index contributed by atoms with van der Waals surface area (Å²) < 4.78 is 1.86. The molecular formula is C18H22N4O2. The zero-order valence-electron chi connectivity index (χ0n) is 14.2. The number of oxime groups is 1. The van der Waals surface area contributed by atoms with E-state index in [4.69, 9.17) is 4.84 Å². The van der Waals surface area contributed by atoms with Crippen molar-refractivity contribution in [1.82, 2.24) is 15.1 Å². The minimum absolute atomic E-state index is 0.0732. The summed E-state index contributed by atoms with van der Waals surface area (Å²) >= 11 is 0. The van der Waals surface area contributed by atoms with Crippen LogP contribution in [0.2, 0.25) is 0 Å². The van der Waals surface area contributed by atoms with Gasteiger partial charge in [0.05, 0.1) is 17.4 Å². The summed E-state index contributed by atoms with van der Waals surface area (Å²) in [6.07, 6.45) is 1.82. The molecule has 0 radical (unpaired) electrons. The van der Waals surface area contributed by atoms with E-state index in [0.29, 0.717) is 6.42 Å². The zero-order chi connectivity index (χ0) is 17.1. The molecule has 6 heteroatoms. The molecule has 2 heterocycles. The quantitative estimate of drug-likeness (QED) is 0.918. The number of nitrogens with one attached hydrogen (secondary N) is 1. The summed E-state index contributed by atoms with van der Waals surface area (Å²) in [6, 6.07) is 9.78. The zero-order valence-corrected chi connectivity index (χ0v) is 14.2. The van der Waals surface area contributed by atoms with E-state index in [1.165, 1.54) is 0 Å². The van der Waals surface area contributed by atoms with Gasteiger partial charge in [-0.2, -0.15) is 5.10 Å². The van der Waals surface area contributed by atoms with Crippen molar-refractivity contribution in [3.63, 3.8) is 0 Å². The highest BCUT2D eigenvalue weighted by Gasteiger charge is 2.31. The summed E-state index contributed by atoms with van der Waals surface area (Å²) in [5.74, 6) is -0.148. The van der Waals surface area contributed by atoms with Gasteiger partial charge >= 0.3 is 0 Å². The Bertz CT molecular complexity index is 752. The lowest BCUT2D eigenvalue weighted by molar-refractivity contribution is -0.131. The van der Waals surface area contributed by atoms with E-state index in [1.807, 2.05) is 62.0 Å². The van der Waals surface area contributed by atoms with Crippen LogP contribution in [0.1, 0.15) is 43.1 Å². The summed E-state index contributed by atoms with van der Waals surface area (Å²) in [4.78, 5) is 17.8. The van der Waals surface area contributed by atoms with Crippen LogP contribution in [-0.2, 0) is 16.2 Å². The molecule has 1 N–H and O–H groups in total. The number of benzene rings is 1. The van der Waals surface area contributed by atoms with Crippen LogP contribution >= 0.6 is 0 Å². The second kappa shape index (κ2) is 6.86. The number of aromatic nitrogens is 2. The number of aryl methyl sites for hydroxylation is 2. The van der Waals surface area contributed by atoms with Crippen LogP contribution in [0.15, 0.2) is 41.7 Å². The molecule has 24 heavy (non-hydrogen) atoms. The van der Waals surface area contributed by atoms with Gasteiger partial charge in [-0.05, 0) is 26.3 Å². The predicted octanol–water partition coefficient (Wildman–Crippen LogP) is 2.58. The molecule has 0 bridgehead atoms. The second-order valence-corrected chi connectivity index (χ2v) is 5.96. The number of hydrogen-bond acceptors (Lipinski definition) is 4. The van der Waals surface area contributed by atoms with E-state index in [2.05, 4.69) is 15.6 Å². The Morgan fingerprint density at radius 3 is 2.83 bits per heavy atom. The first-order chi connectivity index (χ1) is 11.6. The minimum atomic E-state index is -0.587. The Morgan fingerprint density at radius 1 is 1.42 bits per heavy atom. The average molecular weight is 326 g/mol. The van der Waals surface area contributed by atoms with Crippen LogP contribution in [-0.4, -0.2) is 27.5 Å². The maximum absolute atomic E-state index is 12.4. The van der Waals surface area contributed by atoms with E-state index in [0.717, 1.165) is 29.1 Å². The molecule has 1 amide bonds. The Labute approximate surface area is 141 Å². The van der Waals surface area contributed by atoms with Gasteiger partial charge in [-0.15, -0.1) is 0 Å². The van der Waals surface area contributed by atoms with Gasteiger partial charge in [0.25, 0.3) is 5.91 Å². The maximum Gasteiger partial charge on any atom is 0.264 e. The van der Waals surface area contributed by atoms with Crippen molar-refractivity contribution >= 4 is 11.6 Å². The van der Waals surface area contributed by atoms with Gasteiger partial charge in [0.15, 0.2) is 0 Å². The van der Waals surface area contributed by atoms with Crippen molar-refractivity contribution in [2.45, 2.75) is 45.9 Å². The number of nitrogens with zero attached hydrogens (tertiary/aromatic N) is 3. The first kappa shape index (κ1) is 16.2. The van der Waals surface area contributed by atoms with Crippen molar-refractivity contribution in [3.8, 4) is 0 Å². The largest absolute Gasteiger partial charge is 0.382 e. The Hall–Kier alpha value is -2.63. The Kier molecular flexibility index (Phi) is 4.64. The Balaban J connectivity index is 1.62. The van der Waals surface area contributed by atoms with Crippen LogP contribution < -0.4 is 5.32 Å². The molecule has 0 saturated carbocycles. The third kappa shape index (κ3) is 3.32. The number of carbonyl (C=O) groups is 1. The van der Waals surface area contributed by atoms with Crippen LogP contribution in [0.25, 0.3) is 0 Å². The smallest absolute Gasteiger partial charge is 0.264 e. The fourth-order valence-corrected chi connectivity index (χ4v) is 2.77. The van der Waals surface area contributed by atoms with E-state index in [9.17, 15) is 4.79 Å². The molecule has 1 aliphatic heterocycles. The van der Waals surface area contributed by atoms with Crippen molar-refractivity contribution in [1.29, 1.82) is 0 Å². The van der Waals surface area contributed by atoms with Gasteiger partial charge in [-0.3, -0.25) is 9.48 Å². The van der Waals surface area contributed by atoms with Crippen molar-refractivity contribution in [2.24, 2.45) is 5.16 Å². The monoisotopic (exact) mass is 326 g/mol. The number of amides is 1. The summed E-state index contributed by atoms with van der Waals surface area (Å²) in [5.41, 5.74) is 3.69.